The van der Waals surface area contributed by atoms with E-state index in [1.165, 1.54) is 24.4 Å². The van der Waals surface area contributed by atoms with Crippen LogP contribution in [0.2, 0.25) is 10.0 Å². The topological polar surface area (TPSA) is 96.4 Å². The highest BCUT2D eigenvalue weighted by Gasteiger charge is 2.30. The lowest BCUT2D eigenvalue weighted by Gasteiger charge is -2.35. The van der Waals surface area contributed by atoms with Gasteiger partial charge in [-0.15, -0.1) is 0 Å². The lowest BCUT2D eigenvalue weighted by atomic mass is 9.79. The van der Waals surface area contributed by atoms with Crippen LogP contribution in [0.25, 0.3) is 0 Å². The van der Waals surface area contributed by atoms with Crippen LogP contribution in [-0.4, -0.2) is 46.3 Å². The molecule has 1 saturated carbocycles. The Balaban J connectivity index is 1.14. The highest BCUT2D eigenvalue weighted by Crippen LogP contribution is 2.34. The first-order chi connectivity index (χ1) is 16.0. The molecule has 0 unspecified atom stereocenters. The molecule has 1 fully saturated rings. The molecule has 0 saturated heterocycles. The number of fused-ring (bicyclic) bond motifs is 1. The van der Waals surface area contributed by atoms with Gasteiger partial charge in [0.1, 0.15) is 11.9 Å². The number of carbonyl (C=O) groups is 1. The van der Waals surface area contributed by atoms with Gasteiger partial charge in [-0.1, -0.05) is 29.3 Å². The van der Waals surface area contributed by atoms with Crippen LogP contribution in [0.4, 0.5) is 5.82 Å². The second-order valence-corrected chi connectivity index (χ2v) is 9.67. The van der Waals surface area contributed by atoms with E-state index < -0.39 is 12.0 Å². The van der Waals surface area contributed by atoms with E-state index in [9.17, 15) is 9.90 Å². The van der Waals surface area contributed by atoms with Crippen molar-refractivity contribution in [2.75, 3.05) is 18.5 Å². The molecule has 3 N–H and O–H groups in total. The van der Waals surface area contributed by atoms with E-state index in [2.05, 4.69) is 27.8 Å². The monoisotopic (exact) mass is 492 g/mol. The van der Waals surface area contributed by atoms with Crippen LogP contribution in [0.3, 0.4) is 0 Å². The van der Waals surface area contributed by atoms with Gasteiger partial charge < -0.3 is 20.5 Å². The third kappa shape index (κ3) is 6.57. The van der Waals surface area contributed by atoms with Gasteiger partial charge in [-0.25, -0.2) is 4.98 Å². The number of aryl methyl sites for hydroxylation is 2. The number of carboxylic acid groups (broad SMARTS) is 1. The molecule has 1 aliphatic carbocycles. The Hall–Kier alpha value is -1.93. The quantitative estimate of drug-likeness (QED) is 0.424. The van der Waals surface area contributed by atoms with E-state index in [-0.39, 0.29) is 12.6 Å². The van der Waals surface area contributed by atoms with Crippen LogP contribution in [0, 0.1) is 5.92 Å². The van der Waals surface area contributed by atoms with Gasteiger partial charge in [0.05, 0.1) is 16.1 Å². The Bertz CT molecular complexity index is 948. The van der Waals surface area contributed by atoms with Gasteiger partial charge in [-0.2, -0.15) is 0 Å². The summed E-state index contributed by atoms with van der Waals surface area (Å²) in [5, 5.41) is 16.7. The zero-order chi connectivity index (χ0) is 23.2. The van der Waals surface area contributed by atoms with E-state index in [1.54, 1.807) is 0 Å². The number of rotatable bonds is 11. The number of anilines is 1. The largest absolute Gasteiger partial charge is 0.480 e. The minimum absolute atomic E-state index is 0.215. The molecule has 4 rings (SSSR count). The molecule has 1 atom stereocenters. The second-order valence-electron chi connectivity index (χ2n) is 8.85. The standard InChI is InChI=1S/C24H30Cl2N4O3/c25-20-13-27-14-21(26)19(20)12-29-22(24(31)32)7-9-33-18-10-15(11-18)3-5-17-6-4-16-2-1-8-28-23(16)30-17/h4,6,13-15,18,22,29H,1-3,5,7-12H2,(H,28,30)(H,31,32)/t15-,18+,22-/m0/s1. The van der Waals surface area contributed by atoms with Gasteiger partial charge in [0.15, 0.2) is 0 Å². The summed E-state index contributed by atoms with van der Waals surface area (Å²) in [7, 11) is 0. The van der Waals surface area contributed by atoms with Crippen LogP contribution in [-0.2, 0) is 28.9 Å². The van der Waals surface area contributed by atoms with Crippen LogP contribution in [0.1, 0.15) is 48.9 Å². The fourth-order valence-electron chi connectivity index (χ4n) is 4.40. The zero-order valence-corrected chi connectivity index (χ0v) is 20.0. The third-order valence-electron chi connectivity index (χ3n) is 6.49. The molecule has 3 heterocycles. The third-order valence-corrected chi connectivity index (χ3v) is 7.14. The fourth-order valence-corrected chi connectivity index (χ4v) is 4.90. The molecule has 2 aromatic heterocycles. The van der Waals surface area contributed by atoms with Crippen molar-refractivity contribution in [3.05, 3.63) is 51.4 Å². The van der Waals surface area contributed by atoms with Gasteiger partial charge in [-0.3, -0.25) is 9.78 Å². The summed E-state index contributed by atoms with van der Waals surface area (Å²) in [6.45, 7) is 1.67. The summed E-state index contributed by atoms with van der Waals surface area (Å²) in [6.07, 6.45) is 10.0. The van der Waals surface area contributed by atoms with Crippen LogP contribution >= 0.6 is 23.2 Å². The zero-order valence-electron chi connectivity index (χ0n) is 18.5. The maximum atomic E-state index is 11.6. The molecule has 7 nitrogen and oxygen atoms in total. The number of hydrogen-bond acceptors (Lipinski definition) is 6. The number of aromatic nitrogens is 2. The Labute approximate surface area is 204 Å². The number of nitrogens with zero attached hydrogens (tertiary/aromatic N) is 2. The van der Waals surface area contributed by atoms with Crippen molar-refractivity contribution in [1.82, 2.24) is 15.3 Å². The first-order valence-corrected chi connectivity index (χ1v) is 12.3. The van der Waals surface area contributed by atoms with Crippen molar-refractivity contribution >= 4 is 35.0 Å². The number of hydrogen-bond donors (Lipinski definition) is 3. The minimum Gasteiger partial charge on any atom is -0.480 e. The van der Waals surface area contributed by atoms with Gasteiger partial charge in [0.2, 0.25) is 0 Å². The molecule has 2 aromatic rings. The van der Waals surface area contributed by atoms with Gasteiger partial charge in [0, 0.05) is 43.3 Å². The molecule has 1 aliphatic heterocycles. The maximum absolute atomic E-state index is 11.6. The maximum Gasteiger partial charge on any atom is 0.320 e. The van der Waals surface area contributed by atoms with Crippen LogP contribution < -0.4 is 10.6 Å². The molecule has 0 aromatic carbocycles. The number of pyridine rings is 2. The van der Waals surface area contributed by atoms with Crippen molar-refractivity contribution < 1.29 is 14.6 Å². The van der Waals surface area contributed by atoms with Crippen molar-refractivity contribution in [2.24, 2.45) is 5.92 Å². The average molecular weight is 493 g/mol. The predicted molar refractivity (Wildman–Crippen MR) is 129 cm³/mol. The molecule has 0 amide bonds. The summed E-state index contributed by atoms with van der Waals surface area (Å²) in [6, 6.07) is 3.63. The highest BCUT2D eigenvalue weighted by atomic mass is 35.5. The molecule has 2 aliphatic rings. The van der Waals surface area contributed by atoms with Crippen LogP contribution in [0.15, 0.2) is 24.5 Å². The predicted octanol–water partition coefficient (Wildman–Crippen LogP) is 4.50. The average Bonchev–Trinajstić information content (AvgIpc) is 2.77. The van der Waals surface area contributed by atoms with E-state index in [4.69, 9.17) is 32.9 Å². The van der Waals surface area contributed by atoms with Crippen molar-refractivity contribution in [3.63, 3.8) is 0 Å². The molecular weight excluding hydrogens is 463 g/mol. The summed E-state index contributed by atoms with van der Waals surface area (Å²) in [5.74, 6) is 0.784. The number of ether oxygens (including phenoxy) is 1. The molecule has 0 bridgehead atoms. The lowest BCUT2D eigenvalue weighted by molar-refractivity contribution is -0.140. The van der Waals surface area contributed by atoms with Crippen molar-refractivity contribution in [2.45, 2.75) is 63.6 Å². The normalized spacial score (nSPS) is 20.4. The summed E-state index contributed by atoms with van der Waals surface area (Å²) in [4.78, 5) is 20.3. The Morgan fingerprint density at radius 3 is 2.82 bits per heavy atom. The summed E-state index contributed by atoms with van der Waals surface area (Å²) < 4.78 is 5.92. The molecule has 9 heteroatoms. The first kappa shape index (κ1) is 24.2. The fraction of sp³-hybridized carbons (Fsp3) is 0.542. The highest BCUT2D eigenvalue weighted by molar-refractivity contribution is 6.35. The van der Waals surface area contributed by atoms with Gasteiger partial charge >= 0.3 is 5.97 Å². The number of aliphatic carboxylic acids is 1. The molecule has 178 valence electrons. The summed E-state index contributed by atoms with van der Waals surface area (Å²) >= 11 is 12.2. The van der Waals surface area contributed by atoms with E-state index in [1.807, 2.05) is 0 Å². The van der Waals surface area contributed by atoms with Gasteiger partial charge in [0.25, 0.3) is 0 Å². The Morgan fingerprint density at radius 1 is 1.27 bits per heavy atom. The first-order valence-electron chi connectivity index (χ1n) is 11.6. The molecule has 0 spiro atoms. The van der Waals surface area contributed by atoms with Crippen LogP contribution in [0.5, 0.6) is 0 Å². The van der Waals surface area contributed by atoms with Crippen molar-refractivity contribution in [1.29, 1.82) is 0 Å². The Morgan fingerprint density at radius 2 is 2.06 bits per heavy atom. The minimum atomic E-state index is -0.918. The lowest BCUT2D eigenvalue weighted by Crippen LogP contribution is -2.38. The molecular formula is C24H30Cl2N4O3. The molecule has 33 heavy (non-hydrogen) atoms. The van der Waals surface area contributed by atoms with E-state index in [0.29, 0.717) is 34.6 Å². The smallest absolute Gasteiger partial charge is 0.320 e. The number of nitrogens with one attached hydrogen (secondary N) is 2. The van der Waals surface area contributed by atoms with E-state index in [0.717, 1.165) is 50.2 Å². The van der Waals surface area contributed by atoms with Gasteiger partial charge in [-0.05, 0) is 62.5 Å². The van der Waals surface area contributed by atoms with Crippen molar-refractivity contribution in [3.8, 4) is 0 Å². The SMILES string of the molecule is O=C(O)[C@H](CCO[C@H]1C[C@@H](CCc2ccc3c(n2)NCCC3)C1)NCc1c(Cl)cncc1Cl. The number of carboxylic acids is 1. The van der Waals surface area contributed by atoms with E-state index >= 15 is 0 Å². The second kappa shape index (κ2) is 11.5. The molecule has 0 radical (unpaired) electrons. The summed E-state index contributed by atoms with van der Waals surface area (Å²) in [5.41, 5.74) is 3.12. The number of halogens is 2. The Kier molecular flexibility index (Phi) is 8.41.